The van der Waals surface area contributed by atoms with Crippen molar-refractivity contribution >= 4 is 35.7 Å². The lowest BCUT2D eigenvalue weighted by Gasteiger charge is -2.34. The second kappa shape index (κ2) is 21.2. The van der Waals surface area contributed by atoms with Crippen LogP contribution in [0, 0.1) is 0 Å². The monoisotopic (exact) mass is 876 g/mol. The summed E-state index contributed by atoms with van der Waals surface area (Å²) in [4.78, 5) is 52.3. The second-order valence-corrected chi connectivity index (χ2v) is 16.2. The number of fused-ring (bicyclic) bond motifs is 2. The van der Waals surface area contributed by atoms with E-state index < -0.39 is 12.4 Å². The number of carbonyl (C=O) groups is 3. The predicted molar refractivity (Wildman–Crippen MR) is 231 cm³/mol. The summed E-state index contributed by atoms with van der Waals surface area (Å²) in [6.45, 7) is 9.60. The molecule has 340 valence electrons. The highest BCUT2D eigenvalue weighted by atomic mass is 19.3. The van der Waals surface area contributed by atoms with Gasteiger partial charge in [-0.3, -0.25) is 14.3 Å². The number of amides is 2. The van der Waals surface area contributed by atoms with Gasteiger partial charge in [0.1, 0.15) is 12.9 Å². The average molecular weight is 877 g/mol. The van der Waals surface area contributed by atoms with Crippen molar-refractivity contribution in [2.75, 3.05) is 109 Å². The number of hydrogen-bond acceptors (Lipinski definition) is 13. The number of carboxylic acids is 1. The Morgan fingerprint density at radius 2 is 1.70 bits per heavy atom. The van der Waals surface area contributed by atoms with Crippen molar-refractivity contribution in [1.29, 1.82) is 0 Å². The third kappa shape index (κ3) is 11.0. The van der Waals surface area contributed by atoms with E-state index in [0.717, 1.165) is 107 Å². The molecule has 4 aliphatic rings. The number of aldehydes is 1. The minimum absolute atomic E-state index is 0.00394. The van der Waals surface area contributed by atoms with Crippen LogP contribution in [0.2, 0.25) is 0 Å². The van der Waals surface area contributed by atoms with Crippen LogP contribution in [0.4, 0.5) is 31.0 Å². The molecule has 0 unspecified atom stereocenters. The minimum atomic E-state index is -2.62. The fraction of sp³-hybridized carbons (Fsp3) is 0.558. The molecule has 7 heterocycles. The number of anilines is 3. The van der Waals surface area contributed by atoms with Gasteiger partial charge in [0.05, 0.1) is 44.2 Å². The molecule has 0 spiro atoms. The van der Waals surface area contributed by atoms with Gasteiger partial charge in [-0.05, 0) is 69.1 Å². The van der Waals surface area contributed by atoms with Crippen LogP contribution < -0.4 is 15.1 Å². The number of ether oxygens (including phenoxy) is 2. The molecule has 4 aliphatic heterocycles. The van der Waals surface area contributed by atoms with Gasteiger partial charge < -0.3 is 44.3 Å². The number of benzene rings is 1. The molecule has 0 radical (unpaired) electrons. The van der Waals surface area contributed by atoms with Gasteiger partial charge in [-0.2, -0.15) is 10.2 Å². The molecule has 4 aromatic rings. The number of halogens is 2. The van der Waals surface area contributed by atoms with Crippen LogP contribution in [-0.4, -0.2) is 167 Å². The largest absolute Gasteiger partial charge is 0.478 e. The van der Waals surface area contributed by atoms with Crippen molar-refractivity contribution in [3.05, 3.63) is 64.9 Å². The average Bonchev–Trinajstić information content (AvgIpc) is 3.91. The van der Waals surface area contributed by atoms with Crippen molar-refractivity contribution in [2.45, 2.75) is 51.1 Å². The Morgan fingerprint density at radius 3 is 2.37 bits per heavy atom. The van der Waals surface area contributed by atoms with Gasteiger partial charge in [0.15, 0.2) is 5.82 Å². The first-order valence-electron chi connectivity index (χ1n) is 21.6. The maximum absolute atomic E-state index is 14.4. The van der Waals surface area contributed by atoms with E-state index in [9.17, 15) is 23.2 Å². The number of aromatic carboxylic acids is 1. The molecule has 2 fully saturated rings. The summed E-state index contributed by atoms with van der Waals surface area (Å²) in [6, 6.07) is 3.75. The molecule has 18 nitrogen and oxygen atoms in total. The number of aromatic nitrogens is 6. The number of urea groups is 1. The lowest BCUT2D eigenvalue weighted by molar-refractivity contribution is -0.112. The van der Waals surface area contributed by atoms with Crippen molar-refractivity contribution in [3.63, 3.8) is 0 Å². The second-order valence-electron chi connectivity index (χ2n) is 16.2. The Labute approximate surface area is 365 Å². The van der Waals surface area contributed by atoms with E-state index in [-0.39, 0.29) is 23.8 Å². The van der Waals surface area contributed by atoms with Gasteiger partial charge in [-0.1, -0.05) is 0 Å². The number of likely N-dealkylation sites (tertiary alicyclic amines) is 1. The third-order valence-corrected chi connectivity index (χ3v) is 12.1. The van der Waals surface area contributed by atoms with Crippen molar-refractivity contribution in [2.24, 2.45) is 7.05 Å². The predicted octanol–water partition coefficient (Wildman–Crippen LogP) is 3.80. The number of rotatable bonds is 14. The molecule has 63 heavy (non-hydrogen) atoms. The van der Waals surface area contributed by atoms with E-state index in [0.29, 0.717) is 62.6 Å². The fourth-order valence-electron chi connectivity index (χ4n) is 8.69. The zero-order chi connectivity index (χ0) is 44.5. The van der Waals surface area contributed by atoms with Gasteiger partial charge in [0, 0.05) is 113 Å². The lowest BCUT2D eigenvalue weighted by atomic mass is 9.92. The molecule has 0 atom stereocenters. The summed E-state index contributed by atoms with van der Waals surface area (Å²) in [5.41, 5.74) is 5.35. The number of hydrogen-bond donors (Lipinski definition) is 2. The SMILES string of the molecule is CNC(=O)N1CCc2c(c(N3CCCc4cc(-c5cnn(C)c5)c(C(F)F)cc43)nn2C2CCN(C)CC2)C1.O=CCOCCOCCN1CCN(c2ncc(C(=O)O)cn2)CC1. The first kappa shape index (κ1) is 45.5. The first-order chi connectivity index (χ1) is 30.5. The number of nitrogens with one attached hydrogen (secondary N) is 1. The Bertz CT molecular complexity index is 2170. The molecular weight excluding hydrogens is 819 g/mol. The van der Waals surface area contributed by atoms with Gasteiger partial charge in [-0.25, -0.2) is 28.3 Å². The maximum atomic E-state index is 14.4. The topological polar surface area (TPSA) is 180 Å². The summed E-state index contributed by atoms with van der Waals surface area (Å²) in [5, 5.41) is 21.0. The molecule has 1 aromatic carbocycles. The Balaban J connectivity index is 0.000000213. The van der Waals surface area contributed by atoms with E-state index in [1.807, 2.05) is 15.9 Å². The summed E-state index contributed by atoms with van der Waals surface area (Å²) in [5.74, 6) is 0.332. The lowest BCUT2D eigenvalue weighted by Crippen LogP contribution is -2.47. The number of aryl methyl sites for hydroxylation is 2. The van der Waals surface area contributed by atoms with E-state index >= 15 is 0 Å². The third-order valence-electron chi connectivity index (χ3n) is 12.1. The number of piperazine rings is 1. The summed E-state index contributed by atoms with van der Waals surface area (Å²) in [7, 11) is 5.58. The number of piperidine rings is 1. The number of alkyl halides is 2. The van der Waals surface area contributed by atoms with Crippen LogP contribution in [-0.2, 0) is 40.7 Å². The molecule has 3 aromatic heterocycles. The highest BCUT2D eigenvalue weighted by Crippen LogP contribution is 2.43. The zero-order valence-electron chi connectivity index (χ0n) is 36.3. The van der Waals surface area contributed by atoms with Gasteiger partial charge in [0.2, 0.25) is 5.95 Å². The fourth-order valence-corrected chi connectivity index (χ4v) is 8.69. The van der Waals surface area contributed by atoms with E-state index in [2.05, 4.69) is 46.8 Å². The highest BCUT2D eigenvalue weighted by Gasteiger charge is 2.35. The molecule has 0 aliphatic carbocycles. The number of nitrogens with zero attached hydrogens (tertiary/aromatic N) is 11. The maximum Gasteiger partial charge on any atom is 0.338 e. The van der Waals surface area contributed by atoms with Crippen molar-refractivity contribution in [1.82, 2.24) is 49.5 Å². The highest BCUT2D eigenvalue weighted by molar-refractivity contribution is 5.86. The smallest absolute Gasteiger partial charge is 0.338 e. The van der Waals surface area contributed by atoms with Crippen LogP contribution in [0.3, 0.4) is 0 Å². The molecule has 2 N–H and O–H groups in total. The Kier molecular flexibility index (Phi) is 15.3. The zero-order valence-corrected chi connectivity index (χ0v) is 36.3. The van der Waals surface area contributed by atoms with Crippen molar-refractivity contribution in [3.8, 4) is 11.1 Å². The molecule has 8 rings (SSSR count). The van der Waals surface area contributed by atoms with E-state index in [4.69, 9.17) is 19.7 Å². The van der Waals surface area contributed by atoms with Crippen LogP contribution in [0.5, 0.6) is 0 Å². The molecule has 2 saturated heterocycles. The van der Waals surface area contributed by atoms with Crippen LogP contribution in [0.25, 0.3) is 11.1 Å². The van der Waals surface area contributed by atoms with E-state index in [1.54, 1.807) is 37.2 Å². The normalized spacial score (nSPS) is 17.3. The summed E-state index contributed by atoms with van der Waals surface area (Å²) in [6.07, 6.45) is 8.64. The summed E-state index contributed by atoms with van der Waals surface area (Å²) >= 11 is 0. The molecule has 0 saturated carbocycles. The molecular formula is C43H58F2N12O6. The van der Waals surface area contributed by atoms with Gasteiger partial charge >= 0.3 is 12.0 Å². The van der Waals surface area contributed by atoms with Crippen LogP contribution in [0.15, 0.2) is 36.9 Å². The van der Waals surface area contributed by atoms with Gasteiger partial charge in [0.25, 0.3) is 6.43 Å². The number of carbonyl (C=O) groups excluding carboxylic acids is 2. The molecule has 20 heteroatoms. The molecule has 2 amide bonds. The van der Waals surface area contributed by atoms with E-state index in [1.165, 1.54) is 18.1 Å². The first-order valence-corrected chi connectivity index (χ1v) is 21.6. The Morgan fingerprint density at radius 1 is 0.952 bits per heavy atom. The van der Waals surface area contributed by atoms with Crippen LogP contribution >= 0.6 is 0 Å². The van der Waals surface area contributed by atoms with Crippen molar-refractivity contribution < 1.29 is 37.7 Å². The molecule has 0 bridgehead atoms. The van der Waals surface area contributed by atoms with Crippen LogP contribution in [0.1, 0.15) is 64.5 Å². The Hall–Kier alpha value is -5.57. The summed E-state index contributed by atoms with van der Waals surface area (Å²) < 4.78 is 43.1. The quantitative estimate of drug-likeness (QED) is 0.138. The minimum Gasteiger partial charge on any atom is -0.478 e. The number of carboxylic acid groups (broad SMARTS) is 1. The standard InChI is InChI=1S/C28H36F2N8O.C15H22N4O5/c1-31-28(39)36-12-8-24-23(17-36)27(33-38(24)20-6-10-34(2)11-7-20)37-9-4-5-18-13-21(19-15-32-35(3)16-19)22(26(29)30)14-25(18)37;20-6-8-24-10-9-23-7-5-18-1-3-19(4-2-18)15-16-11-13(12-17-15)14(21)22/h13-16,20,26H,4-12,17H2,1-3H3,(H,31,39);6,11-12H,1-5,7-10H2,(H,21,22). The van der Waals surface area contributed by atoms with Gasteiger partial charge in [-0.15, -0.1) is 0 Å².